The summed E-state index contributed by atoms with van der Waals surface area (Å²) in [6.45, 7) is 3.17. The van der Waals surface area contributed by atoms with Gasteiger partial charge in [0.1, 0.15) is 0 Å². The zero-order valence-corrected chi connectivity index (χ0v) is 12.2. The lowest BCUT2D eigenvalue weighted by Crippen LogP contribution is -2.47. The second-order valence-electron chi connectivity index (χ2n) is 5.17. The number of hydrogen-bond acceptors (Lipinski definition) is 4. The smallest absolute Gasteiger partial charge is 0.310 e. The number of ether oxygens (including phenoxy) is 1. The average molecular weight is 291 g/mol. The van der Waals surface area contributed by atoms with E-state index >= 15 is 0 Å². The average Bonchev–Trinajstić information content (AvgIpc) is 2.46. The van der Waals surface area contributed by atoms with Gasteiger partial charge in [-0.3, -0.25) is 9.59 Å². The largest absolute Gasteiger partial charge is 0.469 e. The van der Waals surface area contributed by atoms with Crippen LogP contribution < -0.4 is 5.32 Å². The highest BCUT2D eigenvalue weighted by molar-refractivity contribution is 5.85. The Labute approximate surface area is 120 Å². The third-order valence-corrected chi connectivity index (χ3v) is 3.96. The molecule has 0 radical (unpaired) electrons. The van der Waals surface area contributed by atoms with Crippen LogP contribution in [0.2, 0.25) is 0 Å². The summed E-state index contributed by atoms with van der Waals surface area (Å²) in [5.74, 6) is 0.0555. The van der Waals surface area contributed by atoms with Crippen LogP contribution in [0.4, 0.5) is 0 Å². The number of carbonyl (C=O) groups excluding carboxylic acids is 2. The van der Waals surface area contributed by atoms with Crippen LogP contribution in [0.15, 0.2) is 0 Å². The molecule has 1 N–H and O–H groups in total. The van der Waals surface area contributed by atoms with Gasteiger partial charge >= 0.3 is 5.97 Å². The van der Waals surface area contributed by atoms with Crippen LogP contribution >= 0.6 is 12.4 Å². The summed E-state index contributed by atoms with van der Waals surface area (Å²) in [5.41, 5.74) is 0. The first-order valence-corrected chi connectivity index (χ1v) is 6.79. The predicted octanol–water partition coefficient (Wildman–Crippen LogP) is 0.819. The van der Waals surface area contributed by atoms with Crippen LogP contribution in [0, 0.1) is 11.8 Å². The molecule has 2 aliphatic heterocycles. The highest BCUT2D eigenvalue weighted by Crippen LogP contribution is 2.22. The predicted molar refractivity (Wildman–Crippen MR) is 74.2 cm³/mol. The molecule has 0 aromatic carbocycles. The highest BCUT2D eigenvalue weighted by atomic mass is 35.5. The Morgan fingerprint density at radius 1 is 1.16 bits per heavy atom. The summed E-state index contributed by atoms with van der Waals surface area (Å²) in [6.07, 6.45) is 3.57. The molecule has 19 heavy (non-hydrogen) atoms. The molecule has 2 aliphatic rings. The molecule has 6 heteroatoms. The van der Waals surface area contributed by atoms with Crippen molar-refractivity contribution in [2.24, 2.45) is 11.8 Å². The molecule has 0 bridgehead atoms. The molecule has 2 heterocycles. The van der Waals surface area contributed by atoms with Crippen molar-refractivity contribution in [1.29, 1.82) is 0 Å². The summed E-state index contributed by atoms with van der Waals surface area (Å²) < 4.78 is 4.78. The van der Waals surface area contributed by atoms with Crippen LogP contribution in [0.1, 0.15) is 25.7 Å². The maximum Gasteiger partial charge on any atom is 0.310 e. The highest BCUT2D eigenvalue weighted by Gasteiger charge is 2.32. The molecule has 0 saturated carbocycles. The minimum absolute atomic E-state index is 0. The molecule has 2 rings (SSSR count). The van der Waals surface area contributed by atoms with Crippen molar-refractivity contribution in [3.8, 4) is 0 Å². The number of amides is 1. The summed E-state index contributed by atoms with van der Waals surface area (Å²) in [6, 6.07) is 0. The van der Waals surface area contributed by atoms with Gasteiger partial charge in [-0.2, -0.15) is 0 Å². The number of halogens is 1. The summed E-state index contributed by atoms with van der Waals surface area (Å²) in [5, 5.41) is 3.26. The van der Waals surface area contributed by atoms with Gasteiger partial charge in [-0.25, -0.2) is 0 Å². The van der Waals surface area contributed by atoms with Crippen molar-refractivity contribution in [1.82, 2.24) is 10.2 Å². The number of esters is 1. The molecular weight excluding hydrogens is 268 g/mol. The number of nitrogens with zero attached hydrogens (tertiary/aromatic N) is 1. The first-order chi connectivity index (χ1) is 8.72. The number of likely N-dealkylation sites (tertiary alicyclic amines) is 1. The Kier molecular flexibility index (Phi) is 6.58. The van der Waals surface area contributed by atoms with Gasteiger partial charge in [0.05, 0.1) is 13.0 Å². The van der Waals surface area contributed by atoms with E-state index in [-0.39, 0.29) is 36.1 Å². The lowest BCUT2D eigenvalue weighted by Gasteiger charge is -2.35. The maximum absolute atomic E-state index is 12.4. The van der Waals surface area contributed by atoms with Crippen molar-refractivity contribution in [3.63, 3.8) is 0 Å². The Hall–Kier alpha value is -0.810. The molecule has 1 amide bonds. The molecule has 1 atom stereocenters. The van der Waals surface area contributed by atoms with Gasteiger partial charge in [0, 0.05) is 19.0 Å². The lowest BCUT2D eigenvalue weighted by molar-refractivity contribution is -0.150. The van der Waals surface area contributed by atoms with Gasteiger partial charge in [0.15, 0.2) is 0 Å². The fourth-order valence-corrected chi connectivity index (χ4v) is 2.86. The maximum atomic E-state index is 12.4. The van der Waals surface area contributed by atoms with Crippen LogP contribution in [0.25, 0.3) is 0 Å². The van der Waals surface area contributed by atoms with Gasteiger partial charge < -0.3 is 15.0 Å². The fraction of sp³-hybridized carbons (Fsp3) is 0.846. The zero-order chi connectivity index (χ0) is 13.0. The second kappa shape index (κ2) is 7.70. The normalized spacial score (nSPS) is 24.5. The van der Waals surface area contributed by atoms with E-state index in [1.54, 1.807) is 0 Å². The van der Waals surface area contributed by atoms with Crippen molar-refractivity contribution in [2.45, 2.75) is 25.7 Å². The van der Waals surface area contributed by atoms with Gasteiger partial charge in [-0.1, -0.05) is 0 Å². The van der Waals surface area contributed by atoms with E-state index in [0.717, 1.165) is 45.3 Å². The van der Waals surface area contributed by atoms with Crippen molar-refractivity contribution >= 4 is 24.3 Å². The molecule has 2 fully saturated rings. The summed E-state index contributed by atoms with van der Waals surface area (Å²) in [7, 11) is 1.41. The molecule has 110 valence electrons. The minimum atomic E-state index is -0.183. The summed E-state index contributed by atoms with van der Waals surface area (Å²) in [4.78, 5) is 25.8. The first kappa shape index (κ1) is 16.2. The Bertz CT molecular complexity index is 319. The third-order valence-electron chi connectivity index (χ3n) is 3.96. The van der Waals surface area contributed by atoms with Crippen LogP contribution in [-0.4, -0.2) is 50.1 Å². The van der Waals surface area contributed by atoms with E-state index in [4.69, 9.17) is 4.74 Å². The van der Waals surface area contributed by atoms with Crippen LogP contribution in [0.3, 0.4) is 0 Å². The second-order valence-corrected chi connectivity index (χ2v) is 5.17. The first-order valence-electron chi connectivity index (χ1n) is 6.79. The molecule has 5 nitrogen and oxygen atoms in total. The number of methoxy groups -OCH3 is 1. The van der Waals surface area contributed by atoms with E-state index in [0.29, 0.717) is 6.54 Å². The Morgan fingerprint density at radius 3 is 2.47 bits per heavy atom. The number of piperidine rings is 2. The lowest BCUT2D eigenvalue weighted by atomic mass is 9.93. The molecule has 0 aromatic rings. The number of nitrogens with one attached hydrogen (secondary N) is 1. The van der Waals surface area contributed by atoms with Gasteiger partial charge in [0.25, 0.3) is 0 Å². The number of hydrogen-bond donors (Lipinski definition) is 1. The topological polar surface area (TPSA) is 58.6 Å². The zero-order valence-electron chi connectivity index (χ0n) is 11.4. The molecule has 1 unspecified atom stereocenters. The van der Waals surface area contributed by atoms with Crippen molar-refractivity contribution in [2.75, 3.05) is 33.3 Å². The standard InChI is InChI=1S/C13H22N2O3.ClH/c1-18-13(17)11-3-2-8-15(9-11)12(16)10-4-6-14-7-5-10;/h10-11,14H,2-9H2,1H3;1H. The van der Waals surface area contributed by atoms with E-state index in [1.807, 2.05) is 4.90 Å². The van der Waals surface area contributed by atoms with Crippen LogP contribution in [-0.2, 0) is 14.3 Å². The molecule has 0 aliphatic carbocycles. The van der Waals surface area contributed by atoms with Crippen molar-refractivity contribution in [3.05, 3.63) is 0 Å². The molecule has 2 saturated heterocycles. The molecular formula is C13H23ClN2O3. The summed E-state index contributed by atoms with van der Waals surface area (Å²) >= 11 is 0. The Balaban J connectivity index is 0.00000180. The monoisotopic (exact) mass is 290 g/mol. The number of carbonyl (C=O) groups is 2. The minimum Gasteiger partial charge on any atom is -0.469 e. The van der Waals surface area contributed by atoms with Gasteiger partial charge in [0.2, 0.25) is 5.91 Å². The third kappa shape index (κ3) is 4.08. The molecule has 0 aromatic heterocycles. The quantitative estimate of drug-likeness (QED) is 0.765. The van der Waals surface area contributed by atoms with E-state index in [2.05, 4.69) is 5.32 Å². The van der Waals surface area contributed by atoms with Gasteiger partial charge in [-0.05, 0) is 38.8 Å². The van der Waals surface area contributed by atoms with Crippen LogP contribution in [0.5, 0.6) is 0 Å². The fourth-order valence-electron chi connectivity index (χ4n) is 2.86. The van der Waals surface area contributed by atoms with E-state index in [1.165, 1.54) is 7.11 Å². The van der Waals surface area contributed by atoms with E-state index in [9.17, 15) is 9.59 Å². The van der Waals surface area contributed by atoms with Crippen molar-refractivity contribution < 1.29 is 14.3 Å². The van der Waals surface area contributed by atoms with Gasteiger partial charge in [-0.15, -0.1) is 12.4 Å². The van der Waals surface area contributed by atoms with E-state index < -0.39 is 0 Å². The molecule has 0 spiro atoms. The number of rotatable bonds is 2. The SMILES string of the molecule is COC(=O)C1CCCN(C(=O)C2CCNCC2)C1.Cl. The Morgan fingerprint density at radius 2 is 1.84 bits per heavy atom.